The van der Waals surface area contributed by atoms with Crippen LogP contribution in [0.25, 0.3) is 31.6 Å². The van der Waals surface area contributed by atoms with E-state index in [0.29, 0.717) is 0 Å². The molecule has 0 aliphatic carbocycles. The van der Waals surface area contributed by atoms with Gasteiger partial charge in [0.05, 0.1) is 10.2 Å². The SMILES string of the molecule is Sc1c(-c2nc3ccccc3s2)ccc2ccccc12. The smallest absolute Gasteiger partial charge is 0.125 e. The number of rotatable bonds is 1. The summed E-state index contributed by atoms with van der Waals surface area (Å²) in [4.78, 5) is 5.72. The summed E-state index contributed by atoms with van der Waals surface area (Å²) in [6.45, 7) is 0. The lowest BCUT2D eigenvalue weighted by Gasteiger charge is -2.05. The summed E-state index contributed by atoms with van der Waals surface area (Å²) in [5.74, 6) is 0. The van der Waals surface area contributed by atoms with Gasteiger partial charge in [0.2, 0.25) is 0 Å². The van der Waals surface area contributed by atoms with E-state index in [9.17, 15) is 0 Å². The Morgan fingerprint density at radius 3 is 2.55 bits per heavy atom. The highest BCUT2D eigenvalue weighted by molar-refractivity contribution is 7.80. The molecule has 1 nitrogen and oxygen atoms in total. The van der Waals surface area contributed by atoms with Gasteiger partial charge in [-0.25, -0.2) is 4.98 Å². The molecule has 1 aromatic heterocycles. The van der Waals surface area contributed by atoms with Gasteiger partial charge < -0.3 is 0 Å². The molecule has 0 fully saturated rings. The van der Waals surface area contributed by atoms with Gasteiger partial charge in [-0.3, -0.25) is 0 Å². The standard InChI is InChI=1S/C17H11NS2/c19-16-12-6-2-1-5-11(12)9-10-13(16)17-18-14-7-3-4-8-15(14)20-17/h1-10,19H. The van der Waals surface area contributed by atoms with Gasteiger partial charge in [0, 0.05) is 10.5 Å². The number of para-hydroxylation sites is 1. The molecule has 0 saturated carbocycles. The molecule has 1 heterocycles. The molecule has 4 aromatic rings. The van der Waals surface area contributed by atoms with Crippen molar-refractivity contribution in [3.63, 3.8) is 0 Å². The Balaban J connectivity index is 1.99. The maximum atomic E-state index is 4.72. The zero-order chi connectivity index (χ0) is 13.5. The van der Waals surface area contributed by atoms with E-state index in [1.807, 2.05) is 24.3 Å². The molecular formula is C17H11NS2. The Morgan fingerprint density at radius 2 is 1.65 bits per heavy atom. The monoisotopic (exact) mass is 293 g/mol. The van der Waals surface area contributed by atoms with E-state index < -0.39 is 0 Å². The molecule has 0 saturated heterocycles. The number of aromatic nitrogens is 1. The van der Waals surface area contributed by atoms with Gasteiger partial charge in [0.25, 0.3) is 0 Å². The first-order valence-electron chi connectivity index (χ1n) is 6.39. The second-order valence-corrected chi connectivity index (χ2v) is 6.15. The van der Waals surface area contributed by atoms with Crippen LogP contribution >= 0.6 is 24.0 Å². The van der Waals surface area contributed by atoms with Gasteiger partial charge >= 0.3 is 0 Å². The van der Waals surface area contributed by atoms with Crippen molar-refractivity contribution in [2.24, 2.45) is 0 Å². The van der Waals surface area contributed by atoms with Crippen LogP contribution in [0, 0.1) is 0 Å². The van der Waals surface area contributed by atoms with Crippen LogP contribution in [-0.4, -0.2) is 4.98 Å². The molecule has 0 unspecified atom stereocenters. The van der Waals surface area contributed by atoms with E-state index in [1.165, 1.54) is 15.5 Å². The van der Waals surface area contributed by atoms with Crippen molar-refractivity contribution in [2.45, 2.75) is 4.90 Å². The summed E-state index contributed by atoms with van der Waals surface area (Å²) < 4.78 is 1.21. The van der Waals surface area contributed by atoms with E-state index in [1.54, 1.807) is 11.3 Å². The summed E-state index contributed by atoms with van der Waals surface area (Å²) in [7, 11) is 0. The Hall–Kier alpha value is -1.84. The van der Waals surface area contributed by atoms with Crippen molar-refractivity contribution < 1.29 is 0 Å². The van der Waals surface area contributed by atoms with Crippen LogP contribution in [0.5, 0.6) is 0 Å². The molecule has 0 atom stereocenters. The third kappa shape index (κ3) is 1.82. The largest absolute Gasteiger partial charge is 0.236 e. The minimum atomic E-state index is 1.00. The number of hydrogen-bond acceptors (Lipinski definition) is 3. The fourth-order valence-corrected chi connectivity index (χ4v) is 3.87. The Morgan fingerprint density at radius 1 is 0.850 bits per heavy atom. The molecule has 0 N–H and O–H groups in total. The van der Waals surface area contributed by atoms with E-state index in [0.717, 1.165) is 21.0 Å². The minimum Gasteiger partial charge on any atom is -0.236 e. The first kappa shape index (κ1) is 11.9. The van der Waals surface area contributed by atoms with Gasteiger partial charge in [-0.1, -0.05) is 48.5 Å². The van der Waals surface area contributed by atoms with Gasteiger partial charge in [0.1, 0.15) is 5.01 Å². The Labute approximate surface area is 126 Å². The molecule has 0 aliphatic rings. The van der Waals surface area contributed by atoms with Crippen molar-refractivity contribution in [3.8, 4) is 10.6 Å². The van der Waals surface area contributed by atoms with E-state index >= 15 is 0 Å². The zero-order valence-corrected chi connectivity index (χ0v) is 12.3. The third-order valence-electron chi connectivity index (χ3n) is 3.42. The normalized spacial score (nSPS) is 11.2. The van der Waals surface area contributed by atoms with Crippen LogP contribution in [0.4, 0.5) is 0 Å². The second kappa shape index (κ2) is 4.62. The average Bonchev–Trinajstić information content (AvgIpc) is 2.91. The van der Waals surface area contributed by atoms with Crippen LogP contribution in [0.1, 0.15) is 0 Å². The van der Waals surface area contributed by atoms with Crippen molar-refractivity contribution in [3.05, 3.63) is 60.7 Å². The highest BCUT2D eigenvalue weighted by Crippen LogP contribution is 2.36. The Bertz CT molecular complexity index is 891. The average molecular weight is 293 g/mol. The summed E-state index contributed by atoms with van der Waals surface area (Å²) in [5, 5.41) is 3.41. The van der Waals surface area contributed by atoms with Crippen molar-refractivity contribution in [2.75, 3.05) is 0 Å². The highest BCUT2D eigenvalue weighted by Gasteiger charge is 2.10. The van der Waals surface area contributed by atoms with Gasteiger partial charge in [-0.15, -0.1) is 24.0 Å². The lowest BCUT2D eigenvalue weighted by Crippen LogP contribution is -1.82. The molecule has 4 rings (SSSR count). The predicted molar refractivity (Wildman–Crippen MR) is 89.8 cm³/mol. The van der Waals surface area contributed by atoms with Crippen LogP contribution in [-0.2, 0) is 0 Å². The van der Waals surface area contributed by atoms with Crippen LogP contribution < -0.4 is 0 Å². The molecule has 0 bridgehead atoms. The first-order valence-corrected chi connectivity index (χ1v) is 7.66. The molecule has 96 valence electrons. The topological polar surface area (TPSA) is 12.9 Å². The van der Waals surface area contributed by atoms with E-state index in [-0.39, 0.29) is 0 Å². The highest BCUT2D eigenvalue weighted by atomic mass is 32.1. The van der Waals surface area contributed by atoms with E-state index in [4.69, 9.17) is 17.6 Å². The first-order chi connectivity index (χ1) is 9.83. The Kier molecular flexibility index (Phi) is 2.76. The lowest BCUT2D eigenvalue weighted by molar-refractivity contribution is 1.44. The maximum Gasteiger partial charge on any atom is 0.125 e. The van der Waals surface area contributed by atoms with E-state index in [2.05, 4.69) is 36.4 Å². The number of thiazole rings is 1. The van der Waals surface area contributed by atoms with Gasteiger partial charge in [-0.05, 0) is 22.9 Å². The second-order valence-electron chi connectivity index (χ2n) is 4.67. The third-order valence-corrected chi connectivity index (χ3v) is 4.98. The number of fused-ring (bicyclic) bond motifs is 2. The van der Waals surface area contributed by atoms with Crippen molar-refractivity contribution in [1.82, 2.24) is 4.98 Å². The summed E-state index contributed by atoms with van der Waals surface area (Å²) >= 11 is 6.44. The van der Waals surface area contributed by atoms with Crippen LogP contribution in [0.2, 0.25) is 0 Å². The number of hydrogen-bond donors (Lipinski definition) is 1. The molecule has 0 radical (unpaired) electrons. The quantitative estimate of drug-likeness (QED) is 0.463. The lowest BCUT2D eigenvalue weighted by atomic mass is 10.1. The number of thiol groups is 1. The molecule has 0 amide bonds. The molecule has 3 heteroatoms. The van der Waals surface area contributed by atoms with Crippen molar-refractivity contribution >= 4 is 45.0 Å². The van der Waals surface area contributed by atoms with Crippen LogP contribution in [0.15, 0.2) is 65.6 Å². The molecule has 0 aliphatic heterocycles. The van der Waals surface area contributed by atoms with Gasteiger partial charge in [-0.2, -0.15) is 0 Å². The minimum absolute atomic E-state index is 1.00. The van der Waals surface area contributed by atoms with Crippen LogP contribution in [0.3, 0.4) is 0 Å². The summed E-state index contributed by atoms with van der Waals surface area (Å²) in [6.07, 6.45) is 0. The number of benzene rings is 3. The molecular weight excluding hydrogens is 282 g/mol. The summed E-state index contributed by atoms with van der Waals surface area (Å²) in [5.41, 5.74) is 2.15. The predicted octanol–water partition coefficient (Wildman–Crippen LogP) is 5.41. The molecule has 20 heavy (non-hydrogen) atoms. The van der Waals surface area contributed by atoms with Gasteiger partial charge in [0.15, 0.2) is 0 Å². The molecule has 3 aromatic carbocycles. The van der Waals surface area contributed by atoms with Crippen molar-refractivity contribution in [1.29, 1.82) is 0 Å². The number of nitrogens with zero attached hydrogens (tertiary/aromatic N) is 1. The maximum absolute atomic E-state index is 4.72. The fourth-order valence-electron chi connectivity index (χ4n) is 2.42. The molecule has 0 spiro atoms. The zero-order valence-electron chi connectivity index (χ0n) is 10.6. The fraction of sp³-hybridized carbons (Fsp3) is 0. The summed E-state index contributed by atoms with van der Waals surface area (Å²) in [6, 6.07) is 20.8.